The third-order valence-corrected chi connectivity index (χ3v) is 3.26. The van der Waals surface area contributed by atoms with Gasteiger partial charge < -0.3 is 4.74 Å². The first-order valence-electron chi connectivity index (χ1n) is 5.74. The number of hydrogen-bond acceptors (Lipinski definition) is 5. The Morgan fingerprint density at radius 2 is 2.05 bits per heavy atom. The van der Waals surface area contributed by atoms with Gasteiger partial charge in [-0.3, -0.25) is 10.8 Å². The van der Waals surface area contributed by atoms with Crippen LogP contribution < -0.4 is 16.0 Å². The van der Waals surface area contributed by atoms with Gasteiger partial charge in [-0.2, -0.15) is 0 Å². The predicted molar refractivity (Wildman–Crippen MR) is 73.9 cm³/mol. The highest BCUT2D eigenvalue weighted by Gasteiger charge is 2.19. The van der Waals surface area contributed by atoms with Gasteiger partial charge in [-0.1, -0.05) is 23.7 Å². The molecule has 0 spiro atoms. The summed E-state index contributed by atoms with van der Waals surface area (Å²) in [4.78, 5) is 8.39. The number of rotatable bonds is 4. The summed E-state index contributed by atoms with van der Waals surface area (Å²) in [5.74, 6) is 6.06. The van der Waals surface area contributed by atoms with Gasteiger partial charge in [-0.05, 0) is 24.1 Å². The molecule has 1 aromatic carbocycles. The van der Waals surface area contributed by atoms with Gasteiger partial charge in [0.1, 0.15) is 5.69 Å². The van der Waals surface area contributed by atoms with E-state index in [0.717, 1.165) is 11.1 Å². The third kappa shape index (κ3) is 2.84. The Morgan fingerprint density at radius 3 is 2.68 bits per heavy atom. The second kappa shape index (κ2) is 5.97. The van der Waals surface area contributed by atoms with Gasteiger partial charge in [0, 0.05) is 17.4 Å². The molecule has 1 atom stereocenters. The molecule has 2 rings (SSSR count). The minimum Gasteiger partial charge on any atom is -0.480 e. The number of nitrogens with one attached hydrogen (secondary N) is 1. The maximum absolute atomic E-state index is 6.14. The minimum atomic E-state index is -0.332. The molecule has 0 saturated carbocycles. The average Bonchev–Trinajstić information content (AvgIpc) is 2.44. The van der Waals surface area contributed by atoms with Gasteiger partial charge >= 0.3 is 0 Å². The largest absolute Gasteiger partial charge is 0.480 e. The maximum Gasteiger partial charge on any atom is 0.237 e. The van der Waals surface area contributed by atoms with E-state index in [1.54, 1.807) is 19.5 Å². The fourth-order valence-electron chi connectivity index (χ4n) is 1.81. The van der Waals surface area contributed by atoms with E-state index in [4.69, 9.17) is 22.2 Å². The van der Waals surface area contributed by atoms with Crippen LogP contribution in [0, 0.1) is 6.92 Å². The van der Waals surface area contributed by atoms with E-state index in [1.807, 2.05) is 25.1 Å². The lowest BCUT2D eigenvalue weighted by Gasteiger charge is -2.18. The molecule has 1 unspecified atom stereocenters. The number of nitrogens with zero attached hydrogens (tertiary/aromatic N) is 2. The fraction of sp³-hybridized carbons (Fsp3) is 0.231. The molecule has 0 aliphatic heterocycles. The van der Waals surface area contributed by atoms with Crippen molar-refractivity contribution >= 4 is 11.6 Å². The fourth-order valence-corrected chi connectivity index (χ4v) is 2.00. The van der Waals surface area contributed by atoms with Gasteiger partial charge in [0.05, 0.1) is 13.2 Å². The predicted octanol–water partition coefficient (Wildman–Crippen LogP) is 2.00. The number of hydrazine groups is 1. The zero-order chi connectivity index (χ0) is 13.8. The van der Waals surface area contributed by atoms with Crippen LogP contribution in [0.5, 0.6) is 5.88 Å². The van der Waals surface area contributed by atoms with Crippen molar-refractivity contribution in [3.63, 3.8) is 0 Å². The molecule has 0 amide bonds. The summed E-state index contributed by atoms with van der Waals surface area (Å²) in [6.45, 7) is 1.94. The third-order valence-electron chi connectivity index (χ3n) is 2.85. The number of nitrogens with two attached hydrogens (primary N) is 1. The first kappa shape index (κ1) is 13.7. The van der Waals surface area contributed by atoms with Crippen molar-refractivity contribution in [1.82, 2.24) is 15.4 Å². The van der Waals surface area contributed by atoms with Gasteiger partial charge in [-0.25, -0.2) is 10.4 Å². The van der Waals surface area contributed by atoms with Gasteiger partial charge in [0.2, 0.25) is 5.88 Å². The molecule has 1 heterocycles. The summed E-state index contributed by atoms with van der Waals surface area (Å²) in [6, 6.07) is 5.40. The number of benzene rings is 1. The summed E-state index contributed by atoms with van der Waals surface area (Å²) in [5.41, 5.74) is 5.24. The molecule has 5 nitrogen and oxygen atoms in total. The molecule has 0 bridgehead atoms. The Hall–Kier alpha value is -1.69. The molecule has 0 fully saturated rings. The molecule has 0 radical (unpaired) electrons. The molecular weight excluding hydrogens is 264 g/mol. The number of aryl methyl sites for hydroxylation is 1. The van der Waals surface area contributed by atoms with E-state index in [9.17, 15) is 0 Å². The average molecular weight is 279 g/mol. The topological polar surface area (TPSA) is 73.1 Å². The lowest BCUT2D eigenvalue weighted by Crippen LogP contribution is -2.30. The van der Waals surface area contributed by atoms with Crippen LogP contribution in [0.4, 0.5) is 0 Å². The maximum atomic E-state index is 6.14. The van der Waals surface area contributed by atoms with Crippen molar-refractivity contribution in [2.24, 2.45) is 5.84 Å². The summed E-state index contributed by atoms with van der Waals surface area (Å²) < 4.78 is 5.20. The highest BCUT2D eigenvalue weighted by molar-refractivity contribution is 6.31. The van der Waals surface area contributed by atoms with Gasteiger partial charge in [0.25, 0.3) is 0 Å². The Bertz CT molecular complexity index is 576. The van der Waals surface area contributed by atoms with Crippen LogP contribution in [0.3, 0.4) is 0 Å². The number of halogens is 1. The highest BCUT2D eigenvalue weighted by atomic mass is 35.5. The second-order valence-electron chi connectivity index (χ2n) is 4.06. The first-order chi connectivity index (χ1) is 9.17. The highest BCUT2D eigenvalue weighted by Crippen LogP contribution is 2.28. The van der Waals surface area contributed by atoms with Crippen molar-refractivity contribution < 1.29 is 4.74 Å². The summed E-state index contributed by atoms with van der Waals surface area (Å²) in [6.07, 6.45) is 3.16. The Morgan fingerprint density at radius 1 is 1.32 bits per heavy atom. The standard InChI is InChI=1S/C13H15ClN4O/c1-8-3-4-9(7-10(8)14)11(18-15)12-13(19-2)17-6-5-16-12/h3-7,11,18H,15H2,1-2H3. The van der Waals surface area contributed by atoms with Crippen molar-refractivity contribution in [3.05, 3.63) is 52.4 Å². The number of aromatic nitrogens is 2. The van der Waals surface area contributed by atoms with E-state index < -0.39 is 0 Å². The monoisotopic (exact) mass is 278 g/mol. The smallest absolute Gasteiger partial charge is 0.237 e. The van der Waals surface area contributed by atoms with E-state index in [0.29, 0.717) is 16.6 Å². The van der Waals surface area contributed by atoms with Crippen LogP contribution in [-0.4, -0.2) is 17.1 Å². The van der Waals surface area contributed by atoms with Crippen molar-refractivity contribution in [1.29, 1.82) is 0 Å². The van der Waals surface area contributed by atoms with Crippen molar-refractivity contribution in [3.8, 4) is 5.88 Å². The molecule has 19 heavy (non-hydrogen) atoms. The minimum absolute atomic E-state index is 0.332. The zero-order valence-corrected chi connectivity index (χ0v) is 11.5. The van der Waals surface area contributed by atoms with Crippen LogP contribution in [0.1, 0.15) is 22.9 Å². The number of methoxy groups -OCH3 is 1. The van der Waals surface area contributed by atoms with Crippen molar-refractivity contribution in [2.75, 3.05) is 7.11 Å². The molecule has 100 valence electrons. The molecule has 3 N–H and O–H groups in total. The lowest BCUT2D eigenvalue weighted by atomic mass is 10.0. The van der Waals surface area contributed by atoms with Crippen LogP contribution in [0.2, 0.25) is 5.02 Å². The van der Waals surface area contributed by atoms with Gasteiger partial charge in [-0.15, -0.1) is 0 Å². The zero-order valence-electron chi connectivity index (χ0n) is 10.7. The molecule has 6 heteroatoms. The van der Waals surface area contributed by atoms with Crippen LogP contribution in [0.25, 0.3) is 0 Å². The Balaban J connectivity index is 2.46. The summed E-state index contributed by atoms with van der Waals surface area (Å²) in [7, 11) is 1.54. The Kier molecular flexibility index (Phi) is 4.31. The summed E-state index contributed by atoms with van der Waals surface area (Å²) in [5, 5.41) is 0.681. The van der Waals surface area contributed by atoms with Crippen LogP contribution in [-0.2, 0) is 0 Å². The van der Waals surface area contributed by atoms with Crippen molar-refractivity contribution in [2.45, 2.75) is 13.0 Å². The van der Waals surface area contributed by atoms with E-state index in [1.165, 1.54) is 0 Å². The SMILES string of the molecule is COc1nccnc1C(NN)c1ccc(C)c(Cl)c1. The van der Waals surface area contributed by atoms with Gasteiger partial charge in [0.15, 0.2) is 0 Å². The summed E-state index contributed by atoms with van der Waals surface area (Å²) >= 11 is 6.14. The first-order valence-corrected chi connectivity index (χ1v) is 6.12. The molecular formula is C13H15ClN4O. The van der Waals surface area contributed by atoms with Crippen LogP contribution in [0.15, 0.2) is 30.6 Å². The normalized spacial score (nSPS) is 12.2. The number of hydrogen-bond donors (Lipinski definition) is 2. The quantitative estimate of drug-likeness (QED) is 0.661. The lowest BCUT2D eigenvalue weighted by molar-refractivity contribution is 0.383. The molecule has 1 aromatic heterocycles. The van der Waals surface area contributed by atoms with E-state index in [2.05, 4.69) is 15.4 Å². The molecule has 2 aromatic rings. The van der Waals surface area contributed by atoms with Crippen LogP contribution >= 0.6 is 11.6 Å². The molecule has 0 saturated heterocycles. The van der Waals surface area contributed by atoms with E-state index in [-0.39, 0.29) is 6.04 Å². The number of ether oxygens (including phenoxy) is 1. The molecule has 0 aliphatic carbocycles. The van der Waals surface area contributed by atoms with E-state index >= 15 is 0 Å². The molecule has 0 aliphatic rings. The Labute approximate surface area is 116 Å². The second-order valence-corrected chi connectivity index (χ2v) is 4.47.